The number of amides is 1. The Morgan fingerprint density at radius 2 is 2.03 bits per heavy atom. The van der Waals surface area contributed by atoms with Crippen molar-refractivity contribution in [2.24, 2.45) is 5.92 Å². The molecule has 0 spiro atoms. The maximum atomic E-state index is 13.4. The number of aromatic nitrogens is 2. The lowest BCUT2D eigenvalue weighted by atomic mass is 10.1. The molecule has 0 aliphatic carbocycles. The largest absolute Gasteiger partial charge is 0.338 e. The molecule has 4 rings (SSSR count). The van der Waals surface area contributed by atoms with Gasteiger partial charge in [0.1, 0.15) is 22.0 Å². The Kier molecular flexibility index (Phi) is 6.83. The number of halogens is 1. The molecule has 0 saturated carbocycles. The molecule has 32 heavy (non-hydrogen) atoms. The third-order valence-corrected chi connectivity index (χ3v) is 8.97. The van der Waals surface area contributed by atoms with Crippen molar-refractivity contribution >= 4 is 49.1 Å². The van der Waals surface area contributed by atoms with Crippen molar-refractivity contribution in [1.29, 1.82) is 0 Å². The van der Waals surface area contributed by atoms with Crippen LogP contribution in [0.2, 0.25) is 0 Å². The zero-order valence-corrected chi connectivity index (χ0v) is 20.3. The van der Waals surface area contributed by atoms with Crippen LogP contribution < -0.4 is 0 Å². The summed E-state index contributed by atoms with van der Waals surface area (Å²) >= 11 is 2.81. The number of sulfone groups is 1. The lowest BCUT2D eigenvalue weighted by Gasteiger charge is -2.30. The second kappa shape index (κ2) is 9.44. The van der Waals surface area contributed by atoms with Crippen LogP contribution in [-0.4, -0.2) is 59.0 Å². The fourth-order valence-corrected chi connectivity index (χ4v) is 7.49. The van der Waals surface area contributed by atoms with E-state index in [0.29, 0.717) is 18.0 Å². The number of carbonyl (C=O) groups is 1. The van der Waals surface area contributed by atoms with Crippen LogP contribution in [0.5, 0.6) is 0 Å². The summed E-state index contributed by atoms with van der Waals surface area (Å²) in [4.78, 5) is 24.4. The van der Waals surface area contributed by atoms with Gasteiger partial charge in [-0.05, 0) is 30.0 Å². The number of rotatable bonds is 7. The minimum absolute atomic E-state index is 0.0348. The number of hydrogen-bond donors (Lipinski definition) is 0. The molecular formula is C22H24FN3O3S3. The number of thiophene rings is 1. The standard InChI is InChI=1S/C22H24FN3O3S3/c1-14(2)9-26(17-7-8-32(28,29)12-17)19(27)11-31-22-20-18(10-30-21(20)24-13-25-22)15-3-5-16(23)6-4-15/h3-6,10,13-14,17H,7-9,11-12H2,1-2H3. The summed E-state index contributed by atoms with van der Waals surface area (Å²) in [6.07, 6.45) is 1.97. The molecule has 1 aliphatic heterocycles. The summed E-state index contributed by atoms with van der Waals surface area (Å²) in [5, 5.41) is 3.50. The van der Waals surface area contributed by atoms with Crippen LogP contribution in [0.25, 0.3) is 21.3 Å². The van der Waals surface area contributed by atoms with Gasteiger partial charge in [-0.1, -0.05) is 37.7 Å². The first-order chi connectivity index (χ1) is 15.2. The predicted molar refractivity (Wildman–Crippen MR) is 127 cm³/mol. The van der Waals surface area contributed by atoms with E-state index >= 15 is 0 Å². The van der Waals surface area contributed by atoms with Gasteiger partial charge in [0.15, 0.2) is 9.84 Å². The highest BCUT2D eigenvalue weighted by atomic mass is 32.2. The highest BCUT2D eigenvalue weighted by Gasteiger charge is 2.34. The Bertz CT molecular complexity index is 1230. The Hall–Kier alpha value is -2.04. The Labute approximate surface area is 195 Å². The van der Waals surface area contributed by atoms with Gasteiger partial charge in [-0.2, -0.15) is 0 Å². The Balaban J connectivity index is 1.57. The van der Waals surface area contributed by atoms with Crippen LogP contribution in [0, 0.1) is 11.7 Å². The first kappa shape index (κ1) is 23.1. The van der Waals surface area contributed by atoms with Crippen LogP contribution in [0.4, 0.5) is 4.39 Å². The van der Waals surface area contributed by atoms with Crippen molar-refractivity contribution in [2.75, 3.05) is 23.8 Å². The van der Waals surface area contributed by atoms with Gasteiger partial charge in [-0.25, -0.2) is 22.8 Å². The van der Waals surface area contributed by atoms with Gasteiger partial charge in [0.2, 0.25) is 5.91 Å². The predicted octanol–water partition coefficient (Wildman–Crippen LogP) is 4.26. The second-order valence-corrected chi connectivity index (χ2v) is 12.4. The third-order valence-electron chi connectivity index (χ3n) is 5.35. The molecule has 1 aliphatic rings. The normalized spacial score (nSPS) is 17.8. The van der Waals surface area contributed by atoms with Crippen LogP contribution in [0.1, 0.15) is 20.3 Å². The van der Waals surface area contributed by atoms with Gasteiger partial charge in [0, 0.05) is 23.5 Å². The molecule has 1 saturated heterocycles. The molecule has 1 unspecified atom stereocenters. The smallest absolute Gasteiger partial charge is 0.233 e. The average Bonchev–Trinajstić information content (AvgIpc) is 3.34. The Morgan fingerprint density at radius 1 is 1.28 bits per heavy atom. The van der Waals surface area contributed by atoms with E-state index in [1.165, 1.54) is 41.6 Å². The quantitative estimate of drug-likeness (QED) is 0.361. The van der Waals surface area contributed by atoms with E-state index in [-0.39, 0.29) is 40.9 Å². The van der Waals surface area contributed by atoms with E-state index in [1.807, 2.05) is 19.2 Å². The van der Waals surface area contributed by atoms with Crippen molar-refractivity contribution in [3.8, 4) is 11.1 Å². The molecule has 170 valence electrons. The second-order valence-electron chi connectivity index (χ2n) is 8.30. The minimum Gasteiger partial charge on any atom is -0.338 e. The van der Waals surface area contributed by atoms with Gasteiger partial charge in [-0.3, -0.25) is 4.79 Å². The van der Waals surface area contributed by atoms with Gasteiger partial charge in [0.25, 0.3) is 0 Å². The van der Waals surface area contributed by atoms with E-state index in [4.69, 9.17) is 0 Å². The summed E-state index contributed by atoms with van der Waals surface area (Å²) in [5.74, 6) is 0.177. The fourth-order valence-electron chi connectivity index (χ4n) is 3.88. The SMILES string of the molecule is CC(C)CN(C(=O)CSc1ncnc2scc(-c3ccc(F)cc3)c12)C1CCS(=O)(=O)C1. The molecule has 6 nitrogen and oxygen atoms in total. The number of carbonyl (C=O) groups excluding carboxylic acids is 1. The number of nitrogens with zero attached hydrogens (tertiary/aromatic N) is 3. The molecule has 1 aromatic carbocycles. The lowest BCUT2D eigenvalue weighted by molar-refractivity contribution is -0.130. The average molecular weight is 494 g/mol. The Morgan fingerprint density at radius 3 is 2.69 bits per heavy atom. The van der Waals surface area contributed by atoms with Gasteiger partial charge >= 0.3 is 0 Å². The zero-order chi connectivity index (χ0) is 22.9. The first-order valence-electron chi connectivity index (χ1n) is 10.3. The lowest BCUT2D eigenvalue weighted by Crippen LogP contribution is -2.44. The van der Waals surface area contributed by atoms with Crippen molar-refractivity contribution in [3.63, 3.8) is 0 Å². The first-order valence-corrected chi connectivity index (χ1v) is 14.0. The molecule has 3 aromatic rings. The van der Waals surface area contributed by atoms with E-state index in [0.717, 1.165) is 21.3 Å². The molecule has 0 bridgehead atoms. The van der Waals surface area contributed by atoms with Crippen LogP contribution in [0.3, 0.4) is 0 Å². The number of thioether (sulfide) groups is 1. The van der Waals surface area contributed by atoms with Crippen molar-refractivity contribution in [2.45, 2.75) is 31.3 Å². The molecule has 1 fully saturated rings. The number of hydrogen-bond acceptors (Lipinski definition) is 7. The molecular weight excluding hydrogens is 469 g/mol. The number of fused-ring (bicyclic) bond motifs is 1. The maximum absolute atomic E-state index is 13.4. The van der Waals surface area contributed by atoms with E-state index in [2.05, 4.69) is 9.97 Å². The van der Waals surface area contributed by atoms with Crippen molar-refractivity contribution in [3.05, 3.63) is 41.8 Å². The highest BCUT2D eigenvalue weighted by Crippen LogP contribution is 2.38. The fraction of sp³-hybridized carbons (Fsp3) is 0.409. The van der Waals surface area contributed by atoms with Crippen LogP contribution in [0.15, 0.2) is 41.0 Å². The van der Waals surface area contributed by atoms with Gasteiger partial charge < -0.3 is 4.90 Å². The summed E-state index contributed by atoms with van der Waals surface area (Å²) in [5.41, 5.74) is 1.76. The molecule has 1 amide bonds. The molecule has 0 N–H and O–H groups in total. The van der Waals surface area contributed by atoms with Crippen LogP contribution in [-0.2, 0) is 14.6 Å². The van der Waals surface area contributed by atoms with Gasteiger partial charge in [-0.15, -0.1) is 11.3 Å². The zero-order valence-electron chi connectivity index (χ0n) is 17.8. The highest BCUT2D eigenvalue weighted by molar-refractivity contribution is 8.00. The molecule has 0 radical (unpaired) electrons. The molecule has 10 heteroatoms. The number of benzene rings is 1. The van der Waals surface area contributed by atoms with Crippen LogP contribution >= 0.6 is 23.1 Å². The molecule has 1 atom stereocenters. The summed E-state index contributed by atoms with van der Waals surface area (Å²) < 4.78 is 37.3. The minimum atomic E-state index is -3.08. The maximum Gasteiger partial charge on any atom is 0.233 e. The topological polar surface area (TPSA) is 80.2 Å². The van der Waals surface area contributed by atoms with Crippen molar-refractivity contribution < 1.29 is 17.6 Å². The molecule has 3 heterocycles. The molecule has 2 aromatic heterocycles. The van der Waals surface area contributed by atoms with Crippen molar-refractivity contribution in [1.82, 2.24) is 14.9 Å². The van der Waals surface area contributed by atoms with E-state index in [9.17, 15) is 17.6 Å². The third kappa shape index (κ3) is 5.13. The summed E-state index contributed by atoms with van der Waals surface area (Å²) in [6.45, 7) is 4.56. The van der Waals surface area contributed by atoms with Gasteiger partial charge in [0.05, 0.1) is 22.6 Å². The summed E-state index contributed by atoms with van der Waals surface area (Å²) in [6, 6.07) is 6.00. The monoisotopic (exact) mass is 493 g/mol. The van der Waals surface area contributed by atoms with E-state index in [1.54, 1.807) is 17.0 Å². The van der Waals surface area contributed by atoms with E-state index < -0.39 is 9.84 Å². The summed E-state index contributed by atoms with van der Waals surface area (Å²) in [7, 11) is -3.08.